The van der Waals surface area contributed by atoms with Crippen LogP contribution in [-0.2, 0) is 0 Å². The number of nitrogens with one attached hydrogen (secondary N) is 1. The van der Waals surface area contributed by atoms with Crippen molar-refractivity contribution < 1.29 is 9.52 Å². The molecule has 15 heavy (non-hydrogen) atoms. The van der Waals surface area contributed by atoms with Crippen LogP contribution in [0.15, 0.2) is 27.6 Å². The minimum atomic E-state index is -0.506. The average molecular weight is 206 g/mol. The van der Waals surface area contributed by atoms with Gasteiger partial charge in [-0.1, -0.05) is 12.2 Å². The molecular formula is C10H10N2O3. The van der Waals surface area contributed by atoms with Crippen LogP contribution in [0, 0.1) is 0 Å². The molecule has 2 heterocycles. The first-order valence-electron chi connectivity index (χ1n) is 4.56. The smallest absolute Gasteiger partial charge is 0.406 e. The molecule has 0 aliphatic heterocycles. The van der Waals surface area contributed by atoms with Crippen molar-refractivity contribution in [3.8, 4) is 0 Å². The Hall–Kier alpha value is -1.88. The van der Waals surface area contributed by atoms with Gasteiger partial charge in [-0.2, -0.15) is 0 Å². The molecular weight excluding hydrogens is 196 g/mol. The Labute approximate surface area is 85.1 Å². The summed E-state index contributed by atoms with van der Waals surface area (Å²) in [6, 6.07) is 1.72. The first kappa shape index (κ1) is 9.67. The van der Waals surface area contributed by atoms with E-state index < -0.39 is 5.76 Å². The number of aromatic amines is 1. The van der Waals surface area contributed by atoms with Gasteiger partial charge in [-0.15, -0.1) is 0 Å². The maximum Gasteiger partial charge on any atom is 0.418 e. The number of fused-ring (bicyclic) bond motifs is 1. The molecule has 5 heteroatoms. The van der Waals surface area contributed by atoms with Crippen LogP contribution in [0.5, 0.6) is 0 Å². The van der Waals surface area contributed by atoms with Crippen molar-refractivity contribution in [2.45, 2.75) is 6.42 Å². The van der Waals surface area contributed by atoms with Gasteiger partial charge in [0.1, 0.15) is 0 Å². The van der Waals surface area contributed by atoms with Crippen molar-refractivity contribution >= 4 is 17.3 Å². The van der Waals surface area contributed by atoms with E-state index >= 15 is 0 Å². The minimum Gasteiger partial charge on any atom is -0.406 e. The summed E-state index contributed by atoms with van der Waals surface area (Å²) < 4.78 is 4.86. The second-order valence-electron chi connectivity index (χ2n) is 3.04. The van der Waals surface area contributed by atoms with Gasteiger partial charge in [0.2, 0.25) is 0 Å². The fourth-order valence-electron chi connectivity index (χ4n) is 1.24. The molecule has 78 valence electrons. The van der Waals surface area contributed by atoms with E-state index in [9.17, 15) is 4.79 Å². The van der Waals surface area contributed by atoms with Crippen LogP contribution in [0.25, 0.3) is 17.3 Å². The van der Waals surface area contributed by atoms with Crippen LogP contribution in [0.2, 0.25) is 0 Å². The number of hydrogen-bond acceptors (Lipinski definition) is 4. The molecule has 0 saturated heterocycles. The van der Waals surface area contributed by atoms with Crippen LogP contribution in [0.3, 0.4) is 0 Å². The van der Waals surface area contributed by atoms with E-state index in [-0.39, 0.29) is 6.61 Å². The molecule has 0 aliphatic carbocycles. The topological polar surface area (TPSA) is 79.1 Å². The number of aliphatic hydroxyl groups is 1. The molecule has 0 amide bonds. The number of oxazole rings is 1. The van der Waals surface area contributed by atoms with E-state index in [4.69, 9.17) is 9.52 Å². The van der Waals surface area contributed by atoms with Gasteiger partial charge in [0.15, 0.2) is 11.2 Å². The third kappa shape index (κ3) is 2.13. The fraction of sp³-hybridized carbons (Fsp3) is 0.200. The number of nitrogens with zero attached hydrogens (tertiary/aromatic N) is 1. The van der Waals surface area contributed by atoms with Crippen molar-refractivity contribution in [1.82, 2.24) is 9.97 Å². The lowest BCUT2D eigenvalue weighted by molar-refractivity contribution is 0.303. The van der Waals surface area contributed by atoms with Gasteiger partial charge >= 0.3 is 5.76 Å². The third-order valence-corrected chi connectivity index (χ3v) is 1.90. The highest BCUT2D eigenvalue weighted by Crippen LogP contribution is 2.10. The quantitative estimate of drug-likeness (QED) is 0.782. The van der Waals surface area contributed by atoms with Crippen LogP contribution >= 0.6 is 0 Å². The summed E-state index contributed by atoms with van der Waals surface area (Å²) in [7, 11) is 0. The number of aliphatic hydroxyl groups excluding tert-OH is 1. The molecule has 0 radical (unpaired) electrons. The summed E-state index contributed by atoms with van der Waals surface area (Å²) in [5.74, 6) is -0.506. The molecule has 2 aromatic heterocycles. The van der Waals surface area contributed by atoms with Gasteiger partial charge < -0.3 is 9.52 Å². The SMILES string of the molecule is O=c1[nH]c2ncc(C=CCCO)cc2o1. The molecule has 0 aromatic carbocycles. The molecule has 5 nitrogen and oxygen atoms in total. The van der Waals surface area contributed by atoms with E-state index in [1.807, 2.05) is 12.2 Å². The monoisotopic (exact) mass is 206 g/mol. The highest BCUT2D eigenvalue weighted by molar-refractivity contribution is 5.70. The summed E-state index contributed by atoms with van der Waals surface area (Å²) >= 11 is 0. The molecule has 0 fully saturated rings. The van der Waals surface area contributed by atoms with Crippen molar-refractivity contribution in [3.63, 3.8) is 0 Å². The summed E-state index contributed by atoms with van der Waals surface area (Å²) in [5.41, 5.74) is 1.71. The lowest BCUT2D eigenvalue weighted by Crippen LogP contribution is -1.93. The zero-order valence-electron chi connectivity index (χ0n) is 7.93. The zero-order chi connectivity index (χ0) is 10.7. The van der Waals surface area contributed by atoms with E-state index in [1.54, 1.807) is 12.3 Å². The van der Waals surface area contributed by atoms with Crippen LogP contribution in [-0.4, -0.2) is 21.7 Å². The number of H-pyrrole nitrogens is 1. The van der Waals surface area contributed by atoms with Crippen molar-refractivity contribution in [2.75, 3.05) is 6.61 Å². The Kier molecular flexibility index (Phi) is 2.64. The molecule has 2 rings (SSSR count). The molecule has 2 aromatic rings. The third-order valence-electron chi connectivity index (χ3n) is 1.90. The molecule has 0 atom stereocenters. The Morgan fingerprint density at radius 2 is 2.47 bits per heavy atom. The zero-order valence-corrected chi connectivity index (χ0v) is 7.93. The highest BCUT2D eigenvalue weighted by atomic mass is 16.4. The Morgan fingerprint density at radius 1 is 1.60 bits per heavy atom. The molecule has 0 bridgehead atoms. The predicted molar refractivity (Wildman–Crippen MR) is 55.4 cm³/mol. The highest BCUT2D eigenvalue weighted by Gasteiger charge is 2.01. The lowest BCUT2D eigenvalue weighted by atomic mass is 10.2. The van der Waals surface area contributed by atoms with E-state index in [0.29, 0.717) is 17.7 Å². The van der Waals surface area contributed by atoms with E-state index in [2.05, 4.69) is 9.97 Å². The normalized spacial score (nSPS) is 11.5. The minimum absolute atomic E-state index is 0.116. The van der Waals surface area contributed by atoms with Gasteiger partial charge in [0, 0.05) is 12.8 Å². The summed E-state index contributed by atoms with van der Waals surface area (Å²) in [6.45, 7) is 0.116. The maximum absolute atomic E-state index is 10.8. The summed E-state index contributed by atoms with van der Waals surface area (Å²) in [5, 5.41) is 8.59. The number of pyridine rings is 1. The maximum atomic E-state index is 10.8. The van der Waals surface area contributed by atoms with Crippen LogP contribution in [0.4, 0.5) is 0 Å². The van der Waals surface area contributed by atoms with Crippen LogP contribution < -0.4 is 5.76 Å². The Bertz CT molecular complexity index is 539. The van der Waals surface area contributed by atoms with Gasteiger partial charge in [-0.3, -0.25) is 4.98 Å². The second-order valence-corrected chi connectivity index (χ2v) is 3.04. The largest absolute Gasteiger partial charge is 0.418 e. The number of hydrogen-bond donors (Lipinski definition) is 2. The molecule has 0 aliphatic rings. The standard InChI is InChI=1S/C10H10N2O3/c13-4-2-1-3-7-5-8-9(11-6-7)12-10(14)15-8/h1,3,5-6,13H,2,4H2,(H,11,12,14). The molecule has 0 spiro atoms. The van der Waals surface area contributed by atoms with Crippen molar-refractivity contribution in [1.29, 1.82) is 0 Å². The number of rotatable bonds is 3. The Morgan fingerprint density at radius 3 is 3.27 bits per heavy atom. The Balaban J connectivity index is 2.34. The average Bonchev–Trinajstić information content (AvgIpc) is 2.57. The molecule has 0 unspecified atom stereocenters. The summed E-state index contributed by atoms with van der Waals surface area (Å²) in [4.78, 5) is 17.3. The molecule has 0 saturated carbocycles. The van der Waals surface area contributed by atoms with Gasteiger partial charge in [-0.05, 0) is 18.1 Å². The van der Waals surface area contributed by atoms with Gasteiger partial charge in [0.25, 0.3) is 0 Å². The van der Waals surface area contributed by atoms with Gasteiger partial charge in [0.05, 0.1) is 0 Å². The first-order chi connectivity index (χ1) is 7.29. The summed E-state index contributed by atoms with van der Waals surface area (Å²) in [6.07, 6.45) is 5.86. The lowest BCUT2D eigenvalue weighted by Gasteiger charge is -1.91. The van der Waals surface area contributed by atoms with E-state index in [0.717, 1.165) is 5.56 Å². The van der Waals surface area contributed by atoms with Crippen LogP contribution in [0.1, 0.15) is 12.0 Å². The van der Waals surface area contributed by atoms with Gasteiger partial charge in [-0.25, -0.2) is 9.78 Å². The van der Waals surface area contributed by atoms with Crippen molar-refractivity contribution in [2.24, 2.45) is 0 Å². The van der Waals surface area contributed by atoms with Crippen molar-refractivity contribution in [3.05, 3.63) is 34.5 Å². The fourth-order valence-corrected chi connectivity index (χ4v) is 1.24. The number of aromatic nitrogens is 2. The molecule has 2 N–H and O–H groups in total. The second kappa shape index (κ2) is 4.10. The predicted octanol–water partition coefficient (Wildman–Crippen LogP) is 0.912. The first-order valence-corrected chi connectivity index (χ1v) is 4.56. The van der Waals surface area contributed by atoms with E-state index in [1.165, 1.54) is 0 Å².